The van der Waals surface area contributed by atoms with Gasteiger partial charge in [-0.15, -0.1) is 11.3 Å². The third-order valence-electron chi connectivity index (χ3n) is 4.47. The van der Waals surface area contributed by atoms with Gasteiger partial charge in [0.1, 0.15) is 16.4 Å². The molecule has 1 aromatic carbocycles. The lowest BCUT2D eigenvalue weighted by Crippen LogP contribution is -2.13. The Bertz CT molecular complexity index is 1060. The molecule has 0 saturated carbocycles. The van der Waals surface area contributed by atoms with Crippen LogP contribution < -0.4 is 10.9 Å². The number of phenols is 1. The van der Waals surface area contributed by atoms with Gasteiger partial charge >= 0.3 is 0 Å². The van der Waals surface area contributed by atoms with Crippen LogP contribution in [0.25, 0.3) is 10.2 Å². The van der Waals surface area contributed by atoms with E-state index in [4.69, 9.17) is 0 Å². The summed E-state index contributed by atoms with van der Waals surface area (Å²) in [4.78, 5) is 34.0. The molecule has 3 aromatic rings. The molecule has 0 saturated heterocycles. The van der Waals surface area contributed by atoms with Crippen LogP contribution in [0.5, 0.6) is 5.75 Å². The Kier molecular flexibility index (Phi) is 5.18. The average molecular weight is 402 g/mol. The average Bonchev–Trinajstić information content (AvgIpc) is 3.19. The van der Waals surface area contributed by atoms with E-state index >= 15 is 0 Å². The number of fused-ring (bicyclic) bond motifs is 3. The summed E-state index contributed by atoms with van der Waals surface area (Å²) in [5.74, 6) is 1.85. The highest BCUT2D eigenvalue weighted by Gasteiger charge is 2.21. The fraction of sp³-hybridized carbons (Fsp3) is 0.316. The molecule has 1 amide bonds. The van der Waals surface area contributed by atoms with Gasteiger partial charge < -0.3 is 15.4 Å². The number of nitrogens with one attached hydrogen (secondary N) is 2. The number of aromatic nitrogens is 2. The van der Waals surface area contributed by atoms with Crippen LogP contribution in [0.3, 0.4) is 0 Å². The highest BCUT2D eigenvalue weighted by atomic mass is 32.2. The second-order valence-electron chi connectivity index (χ2n) is 6.45. The van der Waals surface area contributed by atoms with E-state index in [2.05, 4.69) is 15.3 Å². The van der Waals surface area contributed by atoms with Crippen molar-refractivity contribution in [2.45, 2.75) is 31.4 Å². The molecule has 0 spiro atoms. The molecule has 2 aromatic heterocycles. The Morgan fingerprint density at radius 3 is 3.11 bits per heavy atom. The van der Waals surface area contributed by atoms with E-state index < -0.39 is 0 Å². The van der Waals surface area contributed by atoms with Crippen LogP contribution in [-0.4, -0.2) is 26.7 Å². The molecule has 0 fully saturated rings. The lowest BCUT2D eigenvalue weighted by atomic mass is 10.2. The van der Waals surface area contributed by atoms with Gasteiger partial charge in [0.2, 0.25) is 5.91 Å². The van der Waals surface area contributed by atoms with E-state index in [1.807, 2.05) is 0 Å². The van der Waals surface area contributed by atoms with Crippen LogP contribution in [0.2, 0.25) is 0 Å². The van der Waals surface area contributed by atoms with E-state index in [1.165, 1.54) is 16.5 Å². The number of anilines is 1. The highest BCUT2D eigenvalue weighted by Crippen LogP contribution is 2.34. The van der Waals surface area contributed by atoms with Gasteiger partial charge in [-0.1, -0.05) is 6.07 Å². The third-order valence-corrected chi connectivity index (χ3v) is 6.62. The number of aromatic amines is 1. The Morgan fingerprint density at radius 2 is 2.26 bits per heavy atom. The smallest absolute Gasteiger partial charge is 0.259 e. The molecule has 6 nitrogen and oxygen atoms in total. The van der Waals surface area contributed by atoms with Crippen LogP contribution in [0, 0.1) is 0 Å². The molecular formula is C19H19N3O3S2. The van der Waals surface area contributed by atoms with Crippen molar-refractivity contribution in [1.82, 2.24) is 9.97 Å². The number of hydrogen-bond acceptors (Lipinski definition) is 6. The quantitative estimate of drug-likeness (QED) is 0.550. The predicted molar refractivity (Wildman–Crippen MR) is 110 cm³/mol. The predicted octanol–water partition coefficient (Wildman–Crippen LogP) is 3.44. The highest BCUT2D eigenvalue weighted by molar-refractivity contribution is 7.98. The van der Waals surface area contributed by atoms with Gasteiger partial charge in [0.25, 0.3) is 5.56 Å². The minimum Gasteiger partial charge on any atom is -0.508 e. The molecular weight excluding hydrogens is 382 g/mol. The van der Waals surface area contributed by atoms with Crippen molar-refractivity contribution in [2.24, 2.45) is 0 Å². The summed E-state index contributed by atoms with van der Waals surface area (Å²) in [5, 5.41) is 12.9. The van der Waals surface area contributed by atoms with E-state index in [-0.39, 0.29) is 17.2 Å². The van der Waals surface area contributed by atoms with Crippen LogP contribution in [-0.2, 0) is 23.4 Å². The monoisotopic (exact) mass is 401 g/mol. The SMILES string of the molecule is O=C(CCSCc1nc2sc3c(c2c(=O)[nH]1)CCC3)Nc1cccc(O)c1. The van der Waals surface area contributed by atoms with Crippen LogP contribution >= 0.6 is 23.1 Å². The van der Waals surface area contributed by atoms with E-state index in [0.717, 1.165) is 29.5 Å². The van der Waals surface area contributed by atoms with Gasteiger partial charge in [0.05, 0.1) is 11.1 Å². The molecule has 0 unspecified atom stereocenters. The molecule has 0 bridgehead atoms. The zero-order valence-corrected chi connectivity index (χ0v) is 16.2. The summed E-state index contributed by atoms with van der Waals surface area (Å²) in [6, 6.07) is 6.47. The summed E-state index contributed by atoms with van der Waals surface area (Å²) < 4.78 is 0. The Balaban J connectivity index is 1.31. The molecule has 1 aliphatic rings. The van der Waals surface area contributed by atoms with Crippen LogP contribution in [0.15, 0.2) is 29.1 Å². The maximum absolute atomic E-state index is 12.4. The molecule has 0 radical (unpaired) electrons. The van der Waals surface area contributed by atoms with E-state index in [0.29, 0.717) is 29.4 Å². The molecule has 4 rings (SSSR count). The standard InChI is InChI=1S/C19H19N3O3S2/c23-12-4-1-3-11(9-12)20-16(24)7-8-26-10-15-21-18(25)17-13-5-2-6-14(13)27-19(17)22-15/h1,3-4,9,23H,2,5-8,10H2,(H,20,24)(H,21,22,25). The second-order valence-corrected chi connectivity index (χ2v) is 8.64. The summed E-state index contributed by atoms with van der Waals surface area (Å²) in [6.07, 6.45) is 3.50. The summed E-state index contributed by atoms with van der Waals surface area (Å²) in [7, 11) is 0. The number of amides is 1. The molecule has 0 aliphatic heterocycles. The summed E-state index contributed by atoms with van der Waals surface area (Å²) >= 11 is 3.19. The number of carbonyl (C=O) groups excluding carboxylic acids is 1. The second kappa shape index (κ2) is 7.74. The summed E-state index contributed by atoms with van der Waals surface area (Å²) in [6.45, 7) is 0. The fourth-order valence-electron chi connectivity index (χ4n) is 3.26. The maximum Gasteiger partial charge on any atom is 0.259 e. The molecule has 2 heterocycles. The fourth-order valence-corrected chi connectivity index (χ4v) is 5.34. The van der Waals surface area contributed by atoms with Crippen LogP contribution in [0.4, 0.5) is 5.69 Å². The largest absolute Gasteiger partial charge is 0.508 e. The van der Waals surface area contributed by atoms with Gasteiger partial charge in [0.15, 0.2) is 0 Å². The minimum atomic E-state index is -0.111. The Hall–Kier alpha value is -2.32. The zero-order valence-electron chi connectivity index (χ0n) is 14.6. The lowest BCUT2D eigenvalue weighted by Gasteiger charge is -2.05. The first-order chi connectivity index (χ1) is 13.1. The molecule has 0 atom stereocenters. The number of rotatable bonds is 6. The van der Waals surface area contributed by atoms with Crippen LogP contribution in [0.1, 0.15) is 29.1 Å². The minimum absolute atomic E-state index is 0.0448. The van der Waals surface area contributed by atoms with Gasteiger partial charge in [-0.2, -0.15) is 11.8 Å². The molecule has 140 valence electrons. The number of benzene rings is 1. The number of nitrogens with zero attached hydrogens (tertiary/aromatic N) is 1. The number of H-pyrrole nitrogens is 1. The molecule has 8 heteroatoms. The zero-order chi connectivity index (χ0) is 18.8. The lowest BCUT2D eigenvalue weighted by molar-refractivity contribution is -0.115. The van der Waals surface area contributed by atoms with Crippen molar-refractivity contribution in [2.75, 3.05) is 11.1 Å². The van der Waals surface area contributed by atoms with Crippen molar-refractivity contribution >= 4 is 44.9 Å². The van der Waals surface area contributed by atoms with Crippen molar-refractivity contribution < 1.29 is 9.90 Å². The van der Waals surface area contributed by atoms with E-state index in [1.54, 1.807) is 41.3 Å². The Labute approximate surface area is 164 Å². The number of aryl methyl sites for hydroxylation is 2. The van der Waals surface area contributed by atoms with Crippen molar-refractivity contribution in [3.8, 4) is 5.75 Å². The van der Waals surface area contributed by atoms with Gasteiger partial charge in [-0.25, -0.2) is 4.98 Å². The van der Waals surface area contributed by atoms with Crippen molar-refractivity contribution in [3.05, 3.63) is 50.9 Å². The van der Waals surface area contributed by atoms with Crippen molar-refractivity contribution in [1.29, 1.82) is 0 Å². The third kappa shape index (κ3) is 4.01. The number of thioether (sulfide) groups is 1. The topological polar surface area (TPSA) is 95.1 Å². The first-order valence-corrected chi connectivity index (χ1v) is 10.8. The van der Waals surface area contributed by atoms with Gasteiger partial charge in [0, 0.05) is 28.8 Å². The molecule has 1 aliphatic carbocycles. The van der Waals surface area contributed by atoms with Crippen molar-refractivity contribution in [3.63, 3.8) is 0 Å². The molecule has 3 N–H and O–H groups in total. The number of phenolic OH excluding ortho intramolecular Hbond substituents is 1. The van der Waals surface area contributed by atoms with Gasteiger partial charge in [-0.3, -0.25) is 9.59 Å². The maximum atomic E-state index is 12.4. The Morgan fingerprint density at radius 1 is 1.37 bits per heavy atom. The van der Waals surface area contributed by atoms with E-state index in [9.17, 15) is 14.7 Å². The first-order valence-electron chi connectivity index (χ1n) is 8.80. The first kappa shape index (κ1) is 18.1. The molecule has 27 heavy (non-hydrogen) atoms. The van der Waals surface area contributed by atoms with Gasteiger partial charge in [-0.05, 0) is 37.0 Å². The number of aromatic hydroxyl groups is 1. The number of hydrogen-bond donors (Lipinski definition) is 3. The summed E-state index contributed by atoms with van der Waals surface area (Å²) in [5.41, 5.74) is 1.72. The number of thiophene rings is 1. The number of carbonyl (C=O) groups is 1. The normalized spacial score (nSPS) is 13.0.